The van der Waals surface area contributed by atoms with Crippen molar-refractivity contribution in [3.63, 3.8) is 0 Å². The van der Waals surface area contributed by atoms with Crippen LogP contribution in [0.25, 0.3) is 0 Å². The van der Waals surface area contributed by atoms with E-state index in [1.54, 1.807) is 0 Å². The molecule has 0 amide bonds. The number of carboxylic acid groups (broad SMARTS) is 1. The number of fused-ring (bicyclic) bond motifs is 1. The van der Waals surface area contributed by atoms with E-state index in [0.717, 1.165) is 25.8 Å². The third-order valence-electron chi connectivity index (χ3n) is 4.80. The first-order valence-electron chi connectivity index (χ1n) is 6.74. The molecule has 0 spiro atoms. The Bertz CT molecular complexity index is 445. The van der Waals surface area contributed by atoms with Gasteiger partial charge in [0, 0.05) is 12.5 Å². The van der Waals surface area contributed by atoms with Gasteiger partial charge >= 0.3 is 5.97 Å². The van der Waals surface area contributed by atoms with Crippen molar-refractivity contribution in [1.29, 1.82) is 0 Å². The highest BCUT2D eigenvalue weighted by Gasteiger charge is 2.56. The van der Waals surface area contributed by atoms with Crippen molar-refractivity contribution in [3.05, 3.63) is 35.9 Å². The number of benzene rings is 1. The fourth-order valence-electron chi connectivity index (χ4n) is 3.92. The molecule has 1 aliphatic heterocycles. The van der Waals surface area contributed by atoms with Crippen LogP contribution in [0.4, 0.5) is 0 Å². The first-order chi connectivity index (χ1) is 8.75. The van der Waals surface area contributed by atoms with E-state index in [1.807, 2.05) is 18.2 Å². The zero-order chi connectivity index (χ0) is 12.6. The van der Waals surface area contributed by atoms with Gasteiger partial charge in [-0.3, -0.25) is 4.79 Å². The minimum atomic E-state index is -0.619. The van der Waals surface area contributed by atoms with Crippen LogP contribution in [0.3, 0.4) is 0 Å². The summed E-state index contributed by atoms with van der Waals surface area (Å²) in [6, 6.07) is 10.2. The summed E-state index contributed by atoms with van der Waals surface area (Å²) in [4.78, 5) is 11.9. The Morgan fingerprint density at radius 1 is 1.28 bits per heavy atom. The van der Waals surface area contributed by atoms with Gasteiger partial charge < -0.3 is 10.4 Å². The number of aliphatic carboxylic acids is 1. The quantitative estimate of drug-likeness (QED) is 0.840. The number of nitrogens with one attached hydrogen (secondary N) is 1. The summed E-state index contributed by atoms with van der Waals surface area (Å²) in [6.07, 6.45) is 3.18. The maximum absolute atomic E-state index is 11.9. The molecule has 3 rings (SSSR count). The Morgan fingerprint density at radius 3 is 2.78 bits per heavy atom. The lowest BCUT2D eigenvalue weighted by molar-refractivity contribution is -0.153. The van der Waals surface area contributed by atoms with Gasteiger partial charge in [-0.25, -0.2) is 0 Å². The van der Waals surface area contributed by atoms with Crippen LogP contribution >= 0.6 is 0 Å². The molecule has 2 aliphatic rings. The Labute approximate surface area is 107 Å². The average Bonchev–Trinajstić information content (AvgIpc) is 2.84. The van der Waals surface area contributed by atoms with E-state index in [1.165, 1.54) is 5.56 Å². The van der Waals surface area contributed by atoms with Gasteiger partial charge in [-0.1, -0.05) is 36.8 Å². The molecule has 1 aromatic rings. The third kappa shape index (κ3) is 1.57. The fraction of sp³-hybridized carbons (Fsp3) is 0.533. The van der Waals surface area contributed by atoms with Gasteiger partial charge in [0.25, 0.3) is 0 Å². The van der Waals surface area contributed by atoms with Crippen LogP contribution in [-0.4, -0.2) is 24.2 Å². The molecule has 0 radical (unpaired) electrons. The highest BCUT2D eigenvalue weighted by molar-refractivity contribution is 5.78. The van der Waals surface area contributed by atoms with Crippen molar-refractivity contribution in [2.24, 2.45) is 11.3 Å². The molecule has 1 heterocycles. The zero-order valence-corrected chi connectivity index (χ0v) is 10.4. The molecule has 3 unspecified atom stereocenters. The van der Waals surface area contributed by atoms with E-state index >= 15 is 0 Å². The summed E-state index contributed by atoms with van der Waals surface area (Å²) in [7, 11) is 0. The lowest BCUT2D eigenvalue weighted by Gasteiger charge is -2.42. The maximum atomic E-state index is 11.9. The van der Waals surface area contributed by atoms with E-state index in [0.29, 0.717) is 6.54 Å². The SMILES string of the molecule is O=C(O)C12CNCC1CCCC2c1ccccc1. The molecule has 2 fully saturated rings. The van der Waals surface area contributed by atoms with Crippen LogP contribution in [0.1, 0.15) is 30.7 Å². The lowest BCUT2D eigenvalue weighted by atomic mass is 9.59. The first-order valence-corrected chi connectivity index (χ1v) is 6.74. The van der Waals surface area contributed by atoms with Crippen LogP contribution in [0, 0.1) is 11.3 Å². The van der Waals surface area contributed by atoms with E-state index < -0.39 is 11.4 Å². The molecule has 18 heavy (non-hydrogen) atoms. The van der Waals surface area contributed by atoms with Crippen molar-refractivity contribution < 1.29 is 9.90 Å². The van der Waals surface area contributed by atoms with Crippen molar-refractivity contribution >= 4 is 5.97 Å². The molecule has 2 N–H and O–H groups in total. The average molecular weight is 245 g/mol. The van der Waals surface area contributed by atoms with E-state index in [9.17, 15) is 9.90 Å². The molecule has 0 bridgehead atoms. The second-order valence-electron chi connectivity index (χ2n) is 5.57. The van der Waals surface area contributed by atoms with E-state index in [4.69, 9.17) is 0 Å². The molecule has 3 atom stereocenters. The van der Waals surface area contributed by atoms with Crippen molar-refractivity contribution in [2.75, 3.05) is 13.1 Å². The number of carboxylic acids is 1. The van der Waals surface area contributed by atoms with Crippen LogP contribution in [0.15, 0.2) is 30.3 Å². The molecule has 1 saturated heterocycles. The number of carbonyl (C=O) groups is 1. The summed E-state index contributed by atoms with van der Waals surface area (Å²) < 4.78 is 0. The highest BCUT2D eigenvalue weighted by atomic mass is 16.4. The molecule has 0 aromatic heterocycles. The van der Waals surface area contributed by atoms with Crippen LogP contribution in [0.5, 0.6) is 0 Å². The molecule has 1 saturated carbocycles. The summed E-state index contributed by atoms with van der Waals surface area (Å²) in [5.41, 5.74) is 0.605. The summed E-state index contributed by atoms with van der Waals surface area (Å²) in [5, 5.41) is 13.1. The number of hydrogen-bond acceptors (Lipinski definition) is 2. The Morgan fingerprint density at radius 2 is 2.06 bits per heavy atom. The van der Waals surface area contributed by atoms with Crippen LogP contribution in [0.2, 0.25) is 0 Å². The molecular formula is C15H19NO2. The fourth-order valence-corrected chi connectivity index (χ4v) is 3.92. The van der Waals surface area contributed by atoms with E-state index in [2.05, 4.69) is 17.4 Å². The Balaban J connectivity index is 2.04. The molecular weight excluding hydrogens is 226 g/mol. The predicted octanol–water partition coefficient (Wildman–Crippen LogP) is 2.24. The Kier molecular flexibility index (Phi) is 2.86. The monoisotopic (exact) mass is 245 g/mol. The topological polar surface area (TPSA) is 49.3 Å². The van der Waals surface area contributed by atoms with Gasteiger partial charge in [-0.15, -0.1) is 0 Å². The molecule has 3 nitrogen and oxygen atoms in total. The van der Waals surface area contributed by atoms with E-state index in [-0.39, 0.29) is 11.8 Å². The minimum Gasteiger partial charge on any atom is -0.481 e. The van der Waals surface area contributed by atoms with Gasteiger partial charge in [0.2, 0.25) is 0 Å². The standard InChI is InChI=1S/C15H19NO2/c17-14(18)15-10-16-9-12(15)7-4-8-13(15)11-5-2-1-3-6-11/h1-3,5-6,12-13,16H,4,7-10H2,(H,17,18). The number of hydrogen-bond donors (Lipinski definition) is 2. The molecule has 1 aromatic carbocycles. The lowest BCUT2D eigenvalue weighted by Crippen LogP contribution is -2.46. The van der Waals surface area contributed by atoms with Gasteiger partial charge in [0.1, 0.15) is 0 Å². The van der Waals surface area contributed by atoms with Gasteiger partial charge in [-0.05, 0) is 30.9 Å². The first kappa shape index (κ1) is 11.7. The minimum absolute atomic E-state index is 0.157. The number of rotatable bonds is 2. The van der Waals surface area contributed by atoms with Crippen LogP contribution in [-0.2, 0) is 4.79 Å². The van der Waals surface area contributed by atoms with Crippen molar-refractivity contribution in [3.8, 4) is 0 Å². The highest BCUT2D eigenvalue weighted by Crippen LogP contribution is 2.52. The summed E-state index contributed by atoms with van der Waals surface area (Å²) in [5.74, 6) is -0.176. The molecule has 1 aliphatic carbocycles. The summed E-state index contributed by atoms with van der Waals surface area (Å²) >= 11 is 0. The predicted molar refractivity (Wildman–Crippen MR) is 69.5 cm³/mol. The van der Waals surface area contributed by atoms with Gasteiger partial charge in [0.05, 0.1) is 5.41 Å². The van der Waals surface area contributed by atoms with Gasteiger partial charge in [0.15, 0.2) is 0 Å². The normalized spacial score (nSPS) is 35.1. The second kappa shape index (κ2) is 4.39. The zero-order valence-electron chi connectivity index (χ0n) is 10.4. The molecule has 96 valence electrons. The second-order valence-corrected chi connectivity index (χ2v) is 5.57. The Hall–Kier alpha value is -1.35. The smallest absolute Gasteiger partial charge is 0.311 e. The van der Waals surface area contributed by atoms with Crippen LogP contribution < -0.4 is 5.32 Å². The molecule has 3 heteroatoms. The van der Waals surface area contributed by atoms with Crippen molar-refractivity contribution in [1.82, 2.24) is 5.32 Å². The van der Waals surface area contributed by atoms with Crippen molar-refractivity contribution in [2.45, 2.75) is 25.2 Å². The summed E-state index contributed by atoms with van der Waals surface area (Å²) in [6.45, 7) is 1.47. The maximum Gasteiger partial charge on any atom is 0.311 e. The van der Waals surface area contributed by atoms with Gasteiger partial charge in [-0.2, -0.15) is 0 Å². The third-order valence-corrected chi connectivity index (χ3v) is 4.80. The largest absolute Gasteiger partial charge is 0.481 e.